The molecule has 1 rings (SSSR count). The zero-order valence-corrected chi connectivity index (χ0v) is 9.07. The van der Waals surface area contributed by atoms with Gasteiger partial charge in [-0.05, 0) is 12.8 Å². The first kappa shape index (κ1) is 8.79. The van der Waals surface area contributed by atoms with Crippen LogP contribution in [-0.2, 0) is 0 Å². The zero-order valence-electron chi connectivity index (χ0n) is 8.07. The van der Waals surface area contributed by atoms with Gasteiger partial charge in [-0.1, -0.05) is 49.5 Å². The molecule has 1 aliphatic rings. The maximum atomic E-state index is 2.42. The van der Waals surface area contributed by atoms with Crippen LogP contribution >= 0.6 is 0 Å². The lowest BCUT2D eigenvalue weighted by Gasteiger charge is -2.17. The van der Waals surface area contributed by atoms with Crippen LogP contribution in [0, 0.1) is 0 Å². The van der Waals surface area contributed by atoms with Crippen molar-refractivity contribution < 1.29 is 0 Å². The summed E-state index contributed by atoms with van der Waals surface area (Å²) in [5.41, 5.74) is 1.54. The highest BCUT2D eigenvalue weighted by atomic mass is 28.3. The van der Waals surface area contributed by atoms with Crippen LogP contribution in [0.2, 0.25) is 19.6 Å². The van der Waals surface area contributed by atoms with Crippen molar-refractivity contribution in [3.05, 3.63) is 22.9 Å². The molecule has 11 heavy (non-hydrogen) atoms. The van der Waals surface area contributed by atoms with Gasteiger partial charge in [-0.2, -0.15) is 0 Å². The minimum absolute atomic E-state index is 0.973. The highest BCUT2D eigenvalue weighted by Gasteiger charge is 2.20. The third-order valence-corrected chi connectivity index (χ3v) is 4.59. The Balaban J connectivity index is 2.69. The molecule has 0 nitrogen and oxygen atoms in total. The second-order valence-corrected chi connectivity index (χ2v) is 9.40. The van der Waals surface area contributed by atoms with Gasteiger partial charge >= 0.3 is 0 Å². The van der Waals surface area contributed by atoms with Crippen molar-refractivity contribution in [2.24, 2.45) is 0 Å². The Labute approximate surface area is 71.0 Å². The summed E-state index contributed by atoms with van der Waals surface area (Å²) in [7, 11) is -0.973. The van der Waals surface area contributed by atoms with Gasteiger partial charge in [0.2, 0.25) is 0 Å². The molecule has 0 unspecified atom stereocenters. The molecule has 62 valence electrons. The first-order valence-electron chi connectivity index (χ1n) is 4.44. The van der Waals surface area contributed by atoms with Gasteiger partial charge in [-0.3, -0.25) is 0 Å². The number of hydrogen-bond acceptors (Lipinski definition) is 0. The average Bonchev–Trinajstić information content (AvgIpc) is 2.32. The van der Waals surface area contributed by atoms with Gasteiger partial charge in [0, 0.05) is 0 Å². The van der Waals surface area contributed by atoms with E-state index in [1.54, 1.807) is 10.8 Å². The molecule has 0 N–H and O–H groups in total. The standard InChI is InChI=1S/C10H18Si/c1-5-9-6-7-10(8-9)11(2,3)4/h6,8H,5,7H2,1-4H3. The van der Waals surface area contributed by atoms with E-state index < -0.39 is 8.07 Å². The molecule has 0 aromatic carbocycles. The Morgan fingerprint density at radius 1 is 1.36 bits per heavy atom. The van der Waals surface area contributed by atoms with Crippen molar-refractivity contribution in [1.82, 2.24) is 0 Å². The second kappa shape index (κ2) is 2.98. The molecule has 0 radical (unpaired) electrons. The topological polar surface area (TPSA) is 0 Å². The van der Waals surface area contributed by atoms with Crippen LogP contribution in [0.5, 0.6) is 0 Å². The molecular formula is C10H18Si. The summed E-state index contributed by atoms with van der Waals surface area (Å²) in [6.45, 7) is 9.50. The van der Waals surface area contributed by atoms with Crippen LogP contribution in [0.4, 0.5) is 0 Å². The van der Waals surface area contributed by atoms with Gasteiger partial charge in [0.25, 0.3) is 0 Å². The summed E-state index contributed by atoms with van der Waals surface area (Å²) in [6, 6.07) is 0. The van der Waals surface area contributed by atoms with E-state index in [-0.39, 0.29) is 0 Å². The van der Waals surface area contributed by atoms with E-state index >= 15 is 0 Å². The largest absolute Gasteiger partial charge is 0.0777 e. The van der Waals surface area contributed by atoms with Crippen molar-refractivity contribution in [3.63, 3.8) is 0 Å². The molecule has 0 aromatic heterocycles. The summed E-state index contributed by atoms with van der Waals surface area (Å²) in [5.74, 6) is 0. The Kier molecular flexibility index (Phi) is 2.38. The molecule has 0 saturated heterocycles. The molecule has 0 heterocycles. The lowest BCUT2D eigenvalue weighted by molar-refractivity contribution is 1.15. The third-order valence-electron chi connectivity index (χ3n) is 2.32. The van der Waals surface area contributed by atoms with E-state index in [0.29, 0.717) is 0 Å². The van der Waals surface area contributed by atoms with E-state index in [4.69, 9.17) is 0 Å². The summed E-state index contributed by atoms with van der Waals surface area (Å²) >= 11 is 0. The monoisotopic (exact) mass is 166 g/mol. The highest BCUT2D eigenvalue weighted by molar-refractivity contribution is 6.83. The van der Waals surface area contributed by atoms with E-state index in [2.05, 4.69) is 38.7 Å². The predicted molar refractivity (Wildman–Crippen MR) is 54.4 cm³/mol. The Morgan fingerprint density at radius 2 is 2.00 bits per heavy atom. The van der Waals surface area contributed by atoms with Gasteiger partial charge in [0.15, 0.2) is 0 Å². The van der Waals surface area contributed by atoms with Crippen LogP contribution < -0.4 is 0 Å². The molecular weight excluding hydrogens is 148 g/mol. The first-order chi connectivity index (χ1) is 5.04. The minimum Gasteiger partial charge on any atom is -0.0777 e. The van der Waals surface area contributed by atoms with Crippen LogP contribution in [0.15, 0.2) is 22.9 Å². The highest BCUT2D eigenvalue weighted by Crippen LogP contribution is 2.27. The molecule has 0 atom stereocenters. The fraction of sp³-hybridized carbons (Fsp3) is 0.600. The maximum Gasteiger partial charge on any atom is 0.0728 e. The lowest BCUT2D eigenvalue weighted by Crippen LogP contribution is -2.22. The fourth-order valence-corrected chi connectivity index (χ4v) is 2.68. The van der Waals surface area contributed by atoms with Crippen molar-refractivity contribution in [1.29, 1.82) is 0 Å². The summed E-state index contributed by atoms with van der Waals surface area (Å²) < 4.78 is 0. The first-order valence-corrected chi connectivity index (χ1v) is 7.94. The van der Waals surface area contributed by atoms with Gasteiger partial charge in [0.1, 0.15) is 0 Å². The van der Waals surface area contributed by atoms with Crippen molar-refractivity contribution in [2.75, 3.05) is 0 Å². The summed E-state index contributed by atoms with van der Waals surface area (Å²) in [5, 5.41) is 1.72. The van der Waals surface area contributed by atoms with Gasteiger partial charge in [-0.15, -0.1) is 0 Å². The van der Waals surface area contributed by atoms with Crippen molar-refractivity contribution in [2.45, 2.75) is 39.4 Å². The molecule has 0 aliphatic heterocycles. The molecule has 0 amide bonds. The maximum absolute atomic E-state index is 2.42. The molecule has 0 saturated carbocycles. The molecule has 0 fully saturated rings. The quantitative estimate of drug-likeness (QED) is 0.551. The van der Waals surface area contributed by atoms with Crippen LogP contribution in [0.1, 0.15) is 19.8 Å². The van der Waals surface area contributed by atoms with Gasteiger partial charge < -0.3 is 0 Å². The molecule has 0 spiro atoms. The number of hydrogen-bond donors (Lipinski definition) is 0. The molecule has 0 aromatic rings. The van der Waals surface area contributed by atoms with E-state index in [1.807, 2.05) is 0 Å². The normalized spacial score (nSPS) is 18.2. The minimum atomic E-state index is -0.973. The summed E-state index contributed by atoms with van der Waals surface area (Å²) in [4.78, 5) is 0. The van der Waals surface area contributed by atoms with E-state index in [0.717, 1.165) is 0 Å². The van der Waals surface area contributed by atoms with Crippen molar-refractivity contribution >= 4 is 8.07 Å². The zero-order chi connectivity index (χ0) is 8.48. The Bertz CT molecular complexity index is 203. The Hall–Kier alpha value is -0.303. The van der Waals surface area contributed by atoms with E-state index in [1.165, 1.54) is 12.8 Å². The number of allylic oxidation sites excluding steroid dienone is 4. The second-order valence-electron chi connectivity index (χ2n) is 4.26. The number of rotatable bonds is 2. The average molecular weight is 166 g/mol. The van der Waals surface area contributed by atoms with Crippen LogP contribution in [0.3, 0.4) is 0 Å². The van der Waals surface area contributed by atoms with Crippen LogP contribution in [0.25, 0.3) is 0 Å². The van der Waals surface area contributed by atoms with Crippen molar-refractivity contribution in [3.8, 4) is 0 Å². The van der Waals surface area contributed by atoms with Gasteiger partial charge in [-0.25, -0.2) is 0 Å². The lowest BCUT2D eigenvalue weighted by atomic mass is 10.2. The fourth-order valence-electron chi connectivity index (χ4n) is 1.35. The summed E-state index contributed by atoms with van der Waals surface area (Å²) in [6.07, 6.45) is 7.24. The third kappa shape index (κ3) is 2.06. The molecule has 1 aliphatic carbocycles. The molecule has 0 bridgehead atoms. The van der Waals surface area contributed by atoms with E-state index in [9.17, 15) is 0 Å². The molecule has 1 heteroatoms. The smallest absolute Gasteiger partial charge is 0.0728 e. The van der Waals surface area contributed by atoms with Gasteiger partial charge in [0.05, 0.1) is 8.07 Å². The predicted octanol–water partition coefficient (Wildman–Crippen LogP) is 3.53. The SMILES string of the molecule is CCC1=CCC([Si](C)(C)C)=C1. The van der Waals surface area contributed by atoms with Crippen LogP contribution in [-0.4, -0.2) is 8.07 Å². The Morgan fingerprint density at radius 3 is 2.27 bits per heavy atom.